The molecule has 0 saturated carbocycles. The van der Waals surface area contributed by atoms with Gasteiger partial charge in [-0.05, 0) is 55.0 Å². The summed E-state index contributed by atoms with van der Waals surface area (Å²) in [4.78, 5) is 2.32. The van der Waals surface area contributed by atoms with Gasteiger partial charge in [0.05, 0.1) is 23.2 Å². The van der Waals surface area contributed by atoms with Gasteiger partial charge in [0.1, 0.15) is 18.1 Å². The summed E-state index contributed by atoms with van der Waals surface area (Å²) < 4.78 is 35.4. The second-order valence-electron chi connectivity index (χ2n) is 6.49. The Balaban J connectivity index is 1.61. The van der Waals surface area contributed by atoms with Crippen molar-refractivity contribution in [1.82, 2.24) is 4.83 Å². The molecule has 3 rings (SSSR count). The highest BCUT2D eigenvalue weighted by molar-refractivity contribution is 7.89. The monoisotopic (exact) mass is 444 g/mol. The Hall–Kier alpha value is -3.03. The van der Waals surface area contributed by atoms with Crippen LogP contribution in [0.2, 0.25) is 5.02 Å². The van der Waals surface area contributed by atoms with E-state index in [1.165, 1.54) is 18.3 Å². The van der Waals surface area contributed by atoms with E-state index in [1.807, 2.05) is 31.2 Å². The van der Waals surface area contributed by atoms with Crippen molar-refractivity contribution in [2.75, 3.05) is 7.11 Å². The van der Waals surface area contributed by atoms with Crippen molar-refractivity contribution >= 4 is 27.8 Å². The molecule has 0 bridgehead atoms. The average molecular weight is 445 g/mol. The normalized spacial score (nSPS) is 11.4. The Bertz CT molecular complexity index is 1130. The molecule has 1 N–H and O–H groups in total. The first-order valence-corrected chi connectivity index (χ1v) is 10.9. The van der Waals surface area contributed by atoms with Gasteiger partial charge in [-0.25, -0.2) is 4.83 Å². The zero-order valence-electron chi connectivity index (χ0n) is 16.5. The summed E-state index contributed by atoms with van der Waals surface area (Å²) in [5.41, 5.74) is 2.52. The highest BCUT2D eigenvalue weighted by Gasteiger charge is 2.12. The number of nitrogens with zero attached hydrogens (tertiary/aromatic N) is 1. The fourth-order valence-electron chi connectivity index (χ4n) is 2.53. The molecule has 30 heavy (non-hydrogen) atoms. The Kier molecular flexibility index (Phi) is 6.97. The molecule has 0 aliphatic rings. The summed E-state index contributed by atoms with van der Waals surface area (Å²) in [6.45, 7) is 2.26. The smallest absolute Gasteiger partial charge is 0.276 e. The maximum atomic E-state index is 12.2. The third kappa shape index (κ3) is 5.75. The first kappa shape index (κ1) is 21.7. The van der Waals surface area contributed by atoms with Gasteiger partial charge >= 0.3 is 0 Å². The minimum atomic E-state index is -3.74. The van der Waals surface area contributed by atoms with Crippen LogP contribution in [0.1, 0.15) is 16.7 Å². The molecule has 0 aliphatic carbocycles. The molecular weight excluding hydrogens is 424 g/mol. The molecular formula is C22H21ClN2O4S. The van der Waals surface area contributed by atoms with Crippen LogP contribution in [0.4, 0.5) is 0 Å². The topological polar surface area (TPSA) is 77.0 Å². The Morgan fingerprint density at radius 1 is 1.00 bits per heavy atom. The van der Waals surface area contributed by atoms with Gasteiger partial charge in [0.2, 0.25) is 0 Å². The van der Waals surface area contributed by atoms with Crippen molar-refractivity contribution in [1.29, 1.82) is 0 Å². The number of rotatable bonds is 8. The number of methoxy groups -OCH3 is 1. The third-order valence-corrected chi connectivity index (χ3v) is 5.81. The molecule has 0 amide bonds. The van der Waals surface area contributed by atoms with E-state index in [0.29, 0.717) is 22.9 Å². The van der Waals surface area contributed by atoms with Gasteiger partial charge in [-0.1, -0.05) is 41.4 Å². The molecule has 3 aromatic rings. The fraction of sp³-hybridized carbons (Fsp3) is 0.136. The van der Waals surface area contributed by atoms with Crippen molar-refractivity contribution in [2.24, 2.45) is 5.10 Å². The van der Waals surface area contributed by atoms with Crippen LogP contribution >= 0.6 is 11.6 Å². The largest absolute Gasteiger partial charge is 0.497 e. The van der Waals surface area contributed by atoms with Gasteiger partial charge in [0.15, 0.2) is 0 Å². The second kappa shape index (κ2) is 9.65. The van der Waals surface area contributed by atoms with Crippen LogP contribution in [0.5, 0.6) is 11.5 Å². The van der Waals surface area contributed by atoms with Gasteiger partial charge in [-0.3, -0.25) is 0 Å². The summed E-state index contributed by atoms with van der Waals surface area (Å²) in [5, 5.41) is 4.20. The number of hydrogen-bond acceptors (Lipinski definition) is 5. The number of hydrazone groups is 1. The van der Waals surface area contributed by atoms with Gasteiger partial charge in [0.25, 0.3) is 10.0 Å². The molecule has 6 nitrogen and oxygen atoms in total. The molecule has 0 atom stereocenters. The number of sulfonamides is 1. The van der Waals surface area contributed by atoms with Crippen LogP contribution in [-0.4, -0.2) is 21.7 Å². The van der Waals surface area contributed by atoms with Crippen LogP contribution in [0.3, 0.4) is 0 Å². The fourth-order valence-corrected chi connectivity index (χ4v) is 3.54. The molecule has 0 fully saturated rings. The predicted octanol–water partition coefficient (Wildman–Crippen LogP) is 4.55. The molecule has 0 radical (unpaired) electrons. The third-order valence-electron chi connectivity index (χ3n) is 4.24. The van der Waals surface area contributed by atoms with E-state index in [9.17, 15) is 8.42 Å². The average Bonchev–Trinajstić information content (AvgIpc) is 2.74. The lowest BCUT2D eigenvalue weighted by Crippen LogP contribution is -2.18. The highest BCUT2D eigenvalue weighted by Crippen LogP contribution is 2.23. The Morgan fingerprint density at radius 2 is 1.67 bits per heavy atom. The van der Waals surface area contributed by atoms with E-state index < -0.39 is 10.0 Å². The zero-order valence-corrected chi connectivity index (χ0v) is 18.1. The number of halogens is 1. The van der Waals surface area contributed by atoms with Crippen LogP contribution in [0, 0.1) is 6.92 Å². The van der Waals surface area contributed by atoms with Crippen LogP contribution < -0.4 is 14.3 Å². The van der Waals surface area contributed by atoms with Crippen molar-refractivity contribution < 1.29 is 17.9 Å². The van der Waals surface area contributed by atoms with E-state index in [0.717, 1.165) is 16.9 Å². The number of aryl methyl sites for hydroxylation is 1. The number of nitrogens with one attached hydrogen (secondary N) is 1. The quantitative estimate of drug-likeness (QED) is 0.408. The Morgan fingerprint density at radius 3 is 2.30 bits per heavy atom. The number of benzene rings is 3. The van der Waals surface area contributed by atoms with Crippen molar-refractivity contribution in [3.05, 3.63) is 88.4 Å². The van der Waals surface area contributed by atoms with E-state index >= 15 is 0 Å². The molecule has 156 valence electrons. The van der Waals surface area contributed by atoms with E-state index in [1.54, 1.807) is 37.4 Å². The van der Waals surface area contributed by atoms with Crippen LogP contribution in [0.25, 0.3) is 0 Å². The van der Waals surface area contributed by atoms with Crippen LogP contribution in [-0.2, 0) is 16.6 Å². The SMILES string of the molecule is COc1ccc(COc2ccc(/C=N/NS(=O)(=O)c3ccc(C)cc3)c(Cl)c2)cc1. The molecule has 0 saturated heterocycles. The van der Waals surface area contributed by atoms with Gasteiger partial charge in [-0.2, -0.15) is 13.5 Å². The first-order valence-electron chi connectivity index (χ1n) is 9.04. The maximum absolute atomic E-state index is 12.2. The molecule has 0 aliphatic heterocycles. The van der Waals surface area contributed by atoms with Crippen LogP contribution in [0.15, 0.2) is 76.7 Å². The molecule has 8 heteroatoms. The predicted molar refractivity (Wildman–Crippen MR) is 118 cm³/mol. The van der Waals surface area contributed by atoms with Gasteiger partial charge in [-0.15, -0.1) is 0 Å². The molecule has 0 unspecified atom stereocenters. The Labute approximate surface area is 181 Å². The van der Waals surface area contributed by atoms with Gasteiger partial charge < -0.3 is 9.47 Å². The summed E-state index contributed by atoms with van der Waals surface area (Å²) in [5.74, 6) is 1.37. The minimum absolute atomic E-state index is 0.138. The highest BCUT2D eigenvalue weighted by atomic mass is 35.5. The van der Waals surface area contributed by atoms with E-state index in [4.69, 9.17) is 21.1 Å². The van der Waals surface area contributed by atoms with Crippen molar-refractivity contribution in [3.63, 3.8) is 0 Å². The van der Waals surface area contributed by atoms with E-state index in [-0.39, 0.29) is 4.90 Å². The lowest BCUT2D eigenvalue weighted by Gasteiger charge is -2.08. The maximum Gasteiger partial charge on any atom is 0.276 e. The standard InChI is InChI=1S/C22H21ClN2O4S/c1-16-3-11-21(12-4-16)30(26,27)25-24-14-18-7-10-20(13-22(18)23)29-15-17-5-8-19(28-2)9-6-17/h3-14,25H,15H2,1-2H3/b24-14+. The van der Waals surface area contributed by atoms with E-state index in [2.05, 4.69) is 9.93 Å². The molecule has 0 aromatic heterocycles. The van der Waals surface area contributed by atoms with Crippen molar-refractivity contribution in [3.8, 4) is 11.5 Å². The summed E-state index contributed by atoms with van der Waals surface area (Å²) in [6.07, 6.45) is 1.35. The van der Waals surface area contributed by atoms with Gasteiger partial charge in [0, 0.05) is 5.56 Å². The lowest BCUT2D eigenvalue weighted by molar-refractivity contribution is 0.306. The molecule has 0 spiro atoms. The second-order valence-corrected chi connectivity index (χ2v) is 8.55. The number of ether oxygens (including phenoxy) is 2. The number of hydrogen-bond donors (Lipinski definition) is 1. The summed E-state index contributed by atoms with van der Waals surface area (Å²) >= 11 is 6.27. The lowest BCUT2D eigenvalue weighted by atomic mass is 10.2. The summed E-state index contributed by atoms with van der Waals surface area (Å²) in [7, 11) is -2.12. The first-order chi connectivity index (χ1) is 14.4. The minimum Gasteiger partial charge on any atom is -0.497 e. The molecule has 0 heterocycles. The zero-order chi connectivity index (χ0) is 21.6. The van der Waals surface area contributed by atoms with Crippen molar-refractivity contribution in [2.45, 2.75) is 18.4 Å². The molecule has 3 aromatic carbocycles. The summed E-state index contributed by atoms with van der Waals surface area (Å²) in [6, 6.07) is 19.2.